The highest BCUT2D eigenvalue weighted by Gasteiger charge is 2.29. The fourth-order valence-electron chi connectivity index (χ4n) is 1.95. The van der Waals surface area contributed by atoms with Gasteiger partial charge >= 0.3 is 0 Å². The van der Waals surface area contributed by atoms with E-state index in [0.717, 1.165) is 18.7 Å². The van der Waals surface area contributed by atoms with Gasteiger partial charge in [-0.05, 0) is 19.4 Å². The molecule has 2 atom stereocenters. The van der Waals surface area contributed by atoms with Gasteiger partial charge in [0.2, 0.25) is 5.88 Å². The summed E-state index contributed by atoms with van der Waals surface area (Å²) in [6, 6.07) is 3.98. The van der Waals surface area contributed by atoms with Gasteiger partial charge in [-0.1, -0.05) is 0 Å². The average molecular weight is 208 g/mol. The van der Waals surface area contributed by atoms with E-state index in [-0.39, 0.29) is 12.1 Å². The van der Waals surface area contributed by atoms with Crippen molar-refractivity contribution in [3.8, 4) is 5.88 Å². The molecule has 2 heterocycles. The minimum atomic E-state index is -0.230. The first-order valence-corrected chi connectivity index (χ1v) is 5.17. The molecule has 1 fully saturated rings. The van der Waals surface area contributed by atoms with Gasteiger partial charge in [-0.2, -0.15) is 0 Å². The van der Waals surface area contributed by atoms with Gasteiger partial charge in [-0.3, -0.25) is 0 Å². The minimum Gasteiger partial charge on any atom is -0.481 e. The predicted octanol–water partition coefficient (Wildman–Crippen LogP) is 1.05. The fraction of sp³-hybridized carbons (Fsp3) is 0.545. The molecule has 2 rings (SSSR count). The molecule has 0 saturated carbocycles. The summed E-state index contributed by atoms with van der Waals surface area (Å²) in [5.41, 5.74) is 1.04. The van der Waals surface area contributed by atoms with Crippen molar-refractivity contribution in [3.63, 3.8) is 0 Å². The maximum atomic E-state index is 9.64. The van der Waals surface area contributed by atoms with E-state index in [1.54, 1.807) is 13.3 Å². The Bertz CT molecular complexity index is 326. The molecule has 1 aliphatic rings. The number of anilines is 1. The molecule has 1 N–H and O–H groups in total. The van der Waals surface area contributed by atoms with Crippen LogP contribution in [-0.4, -0.2) is 35.9 Å². The van der Waals surface area contributed by atoms with Gasteiger partial charge in [0.05, 0.1) is 31.1 Å². The first kappa shape index (κ1) is 10.2. The summed E-state index contributed by atoms with van der Waals surface area (Å²) >= 11 is 0. The number of aromatic nitrogens is 1. The Labute approximate surface area is 89.5 Å². The van der Waals surface area contributed by atoms with Crippen LogP contribution in [0, 0.1) is 0 Å². The summed E-state index contributed by atoms with van der Waals surface area (Å²) in [6.45, 7) is 2.91. The number of rotatable bonds is 2. The normalized spacial score (nSPS) is 25.7. The zero-order valence-corrected chi connectivity index (χ0v) is 9.05. The van der Waals surface area contributed by atoms with E-state index in [4.69, 9.17) is 4.74 Å². The molecule has 4 heteroatoms. The van der Waals surface area contributed by atoms with Gasteiger partial charge in [0.25, 0.3) is 0 Å². The third kappa shape index (κ3) is 1.90. The standard InChI is InChI=1S/C11H16N2O2/c1-8-10(14)5-6-13(8)9-3-4-11(15-2)12-7-9/h3-4,7-8,10,14H,5-6H2,1-2H3/t8?,10-/m0/s1. The second-order valence-corrected chi connectivity index (χ2v) is 3.85. The molecular formula is C11H16N2O2. The smallest absolute Gasteiger partial charge is 0.213 e. The van der Waals surface area contributed by atoms with Gasteiger partial charge in [0.15, 0.2) is 0 Å². The number of pyridine rings is 1. The second kappa shape index (κ2) is 4.06. The summed E-state index contributed by atoms with van der Waals surface area (Å²) in [5, 5.41) is 9.64. The lowest BCUT2D eigenvalue weighted by Gasteiger charge is -2.24. The van der Waals surface area contributed by atoms with Gasteiger partial charge < -0.3 is 14.7 Å². The van der Waals surface area contributed by atoms with Gasteiger partial charge in [0, 0.05) is 12.6 Å². The second-order valence-electron chi connectivity index (χ2n) is 3.85. The monoisotopic (exact) mass is 208 g/mol. The lowest BCUT2D eigenvalue weighted by molar-refractivity contribution is 0.170. The van der Waals surface area contributed by atoms with Crippen LogP contribution in [0.4, 0.5) is 5.69 Å². The molecule has 0 aromatic carbocycles. The van der Waals surface area contributed by atoms with E-state index < -0.39 is 0 Å². The maximum absolute atomic E-state index is 9.64. The summed E-state index contributed by atoms with van der Waals surface area (Å²) in [4.78, 5) is 6.32. The third-order valence-electron chi connectivity index (χ3n) is 2.98. The van der Waals surface area contributed by atoms with Crippen LogP contribution >= 0.6 is 0 Å². The van der Waals surface area contributed by atoms with Crippen molar-refractivity contribution >= 4 is 5.69 Å². The van der Waals surface area contributed by atoms with Crippen molar-refractivity contribution < 1.29 is 9.84 Å². The molecule has 1 saturated heterocycles. The van der Waals surface area contributed by atoms with E-state index in [1.807, 2.05) is 19.1 Å². The SMILES string of the molecule is COc1ccc(N2CC[C@H](O)C2C)cn1. The van der Waals surface area contributed by atoms with E-state index in [2.05, 4.69) is 9.88 Å². The molecule has 0 radical (unpaired) electrons. The molecule has 0 bridgehead atoms. The highest BCUT2D eigenvalue weighted by molar-refractivity contribution is 5.47. The van der Waals surface area contributed by atoms with Crippen LogP contribution in [0.5, 0.6) is 5.88 Å². The van der Waals surface area contributed by atoms with Gasteiger partial charge in [-0.15, -0.1) is 0 Å². The van der Waals surface area contributed by atoms with Gasteiger partial charge in [0.1, 0.15) is 0 Å². The van der Waals surface area contributed by atoms with Crippen molar-refractivity contribution in [2.75, 3.05) is 18.6 Å². The number of aliphatic hydroxyl groups excluding tert-OH is 1. The highest BCUT2D eigenvalue weighted by atomic mass is 16.5. The molecule has 15 heavy (non-hydrogen) atoms. The van der Waals surface area contributed by atoms with E-state index in [0.29, 0.717) is 5.88 Å². The molecule has 0 amide bonds. The number of nitrogens with zero attached hydrogens (tertiary/aromatic N) is 2. The molecular weight excluding hydrogens is 192 g/mol. The summed E-state index contributed by atoms with van der Waals surface area (Å²) in [5.74, 6) is 0.617. The lowest BCUT2D eigenvalue weighted by Crippen LogP contribution is -2.32. The molecule has 1 aromatic rings. The molecule has 1 aromatic heterocycles. The molecule has 1 unspecified atom stereocenters. The Kier molecular flexibility index (Phi) is 2.77. The van der Waals surface area contributed by atoms with Crippen LogP contribution in [0.25, 0.3) is 0 Å². The quantitative estimate of drug-likeness (QED) is 0.789. The Morgan fingerprint density at radius 2 is 2.33 bits per heavy atom. The van der Waals surface area contributed by atoms with Crippen LogP contribution in [0.3, 0.4) is 0 Å². The summed E-state index contributed by atoms with van der Waals surface area (Å²) in [7, 11) is 1.60. The topological polar surface area (TPSA) is 45.6 Å². The zero-order valence-electron chi connectivity index (χ0n) is 9.05. The van der Waals surface area contributed by atoms with Crippen LogP contribution in [0.2, 0.25) is 0 Å². The van der Waals surface area contributed by atoms with E-state index >= 15 is 0 Å². The molecule has 0 aliphatic carbocycles. The van der Waals surface area contributed by atoms with Crippen molar-refractivity contribution in [1.82, 2.24) is 4.98 Å². The Morgan fingerprint density at radius 3 is 2.80 bits per heavy atom. The van der Waals surface area contributed by atoms with Crippen LogP contribution in [0.1, 0.15) is 13.3 Å². The predicted molar refractivity (Wildman–Crippen MR) is 58.2 cm³/mol. The fourth-order valence-corrected chi connectivity index (χ4v) is 1.95. The van der Waals surface area contributed by atoms with Crippen molar-refractivity contribution in [2.45, 2.75) is 25.5 Å². The first-order valence-electron chi connectivity index (χ1n) is 5.17. The van der Waals surface area contributed by atoms with Crippen molar-refractivity contribution in [3.05, 3.63) is 18.3 Å². The van der Waals surface area contributed by atoms with Crippen LogP contribution < -0.4 is 9.64 Å². The third-order valence-corrected chi connectivity index (χ3v) is 2.98. The molecule has 0 spiro atoms. The number of aliphatic hydroxyl groups is 1. The largest absolute Gasteiger partial charge is 0.481 e. The van der Waals surface area contributed by atoms with E-state index in [1.165, 1.54) is 0 Å². The van der Waals surface area contributed by atoms with Crippen LogP contribution in [0.15, 0.2) is 18.3 Å². The lowest BCUT2D eigenvalue weighted by atomic mass is 10.2. The summed E-state index contributed by atoms with van der Waals surface area (Å²) in [6.07, 6.45) is 2.38. The number of hydrogen-bond acceptors (Lipinski definition) is 4. The molecule has 1 aliphatic heterocycles. The number of hydrogen-bond donors (Lipinski definition) is 1. The summed E-state index contributed by atoms with van der Waals surface area (Å²) < 4.78 is 5.00. The minimum absolute atomic E-state index is 0.167. The van der Waals surface area contributed by atoms with Crippen molar-refractivity contribution in [2.24, 2.45) is 0 Å². The number of methoxy groups -OCH3 is 1. The molecule has 4 nitrogen and oxygen atoms in total. The van der Waals surface area contributed by atoms with E-state index in [9.17, 15) is 5.11 Å². The Balaban J connectivity index is 2.16. The Hall–Kier alpha value is -1.29. The van der Waals surface area contributed by atoms with Crippen molar-refractivity contribution in [1.29, 1.82) is 0 Å². The van der Waals surface area contributed by atoms with Gasteiger partial charge in [-0.25, -0.2) is 4.98 Å². The average Bonchev–Trinajstić information content (AvgIpc) is 2.60. The molecule has 82 valence electrons. The maximum Gasteiger partial charge on any atom is 0.213 e. The Morgan fingerprint density at radius 1 is 1.53 bits per heavy atom. The highest BCUT2D eigenvalue weighted by Crippen LogP contribution is 2.25. The van der Waals surface area contributed by atoms with Crippen LogP contribution in [-0.2, 0) is 0 Å². The number of ether oxygens (including phenoxy) is 1. The zero-order chi connectivity index (χ0) is 10.8. The first-order chi connectivity index (χ1) is 7.22.